The number of halogens is 3. The van der Waals surface area contributed by atoms with E-state index in [1.807, 2.05) is 32.0 Å². The number of aryl methyl sites for hydroxylation is 2. The molecule has 0 aliphatic heterocycles. The van der Waals surface area contributed by atoms with Gasteiger partial charge in [-0.15, -0.1) is 10.2 Å². The van der Waals surface area contributed by atoms with E-state index < -0.39 is 17.6 Å². The van der Waals surface area contributed by atoms with Crippen LogP contribution in [0, 0.1) is 13.8 Å². The monoisotopic (exact) mass is 378 g/mol. The Morgan fingerprint density at radius 1 is 1.19 bits per heavy atom. The summed E-state index contributed by atoms with van der Waals surface area (Å²) in [5.41, 5.74) is 1.35. The largest absolute Gasteiger partial charge is 0.483 e. The number of nitrogens with zero attached hydrogens (tertiary/aromatic N) is 3. The molecular weight excluding hydrogens is 361 g/mol. The number of aromatic nitrogens is 3. The molecule has 0 unspecified atom stereocenters. The summed E-state index contributed by atoms with van der Waals surface area (Å²) in [5.74, 6) is 0.378. The minimum atomic E-state index is -4.47. The Hall–Kier alpha value is -3.10. The SMILES string of the molecule is Cc1ccc(C)c(OCC(=O)NCc2nnc3ccc(C(F)(F)F)cn23)c1. The Balaban J connectivity index is 1.64. The number of pyridine rings is 1. The van der Waals surface area contributed by atoms with Gasteiger partial charge in [-0.3, -0.25) is 9.20 Å². The Bertz CT molecular complexity index is 982. The van der Waals surface area contributed by atoms with Crippen molar-refractivity contribution in [3.8, 4) is 5.75 Å². The summed E-state index contributed by atoms with van der Waals surface area (Å²) >= 11 is 0. The van der Waals surface area contributed by atoms with E-state index in [1.165, 1.54) is 10.5 Å². The maximum atomic E-state index is 12.8. The second kappa shape index (κ2) is 7.26. The molecule has 0 aliphatic carbocycles. The van der Waals surface area contributed by atoms with Gasteiger partial charge in [-0.2, -0.15) is 13.2 Å². The van der Waals surface area contributed by atoms with E-state index in [2.05, 4.69) is 15.5 Å². The molecule has 142 valence electrons. The molecule has 0 saturated heterocycles. The highest BCUT2D eigenvalue weighted by Crippen LogP contribution is 2.29. The number of carbonyl (C=O) groups is 1. The number of ether oxygens (including phenoxy) is 1. The molecule has 9 heteroatoms. The van der Waals surface area contributed by atoms with Gasteiger partial charge in [0.05, 0.1) is 12.1 Å². The van der Waals surface area contributed by atoms with Gasteiger partial charge in [0, 0.05) is 6.20 Å². The van der Waals surface area contributed by atoms with Crippen LogP contribution in [-0.4, -0.2) is 27.1 Å². The van der Waals surface area contributed by atoms with E-state index >= 15 is 0 Å². The highest BCUT2D eigenvalue weighted by atomic mass is 19.4. The molecule has 3 rings (SSSR count). The maximum Gasteiger partial charge on any atom is 0.417 e. The summed E-state index contributed by atoms with van der Waals surface area (Å²) in [6.07, 6.45) is -3.57. The molecule has 3 aromatic rings. The molecule has 1 amide bonds. The van der Waals surface area contributed by atoms with Crippen LogP contribution in [0.15, 0.2) is 36.5 Å². The van der Waals surface area contributed by atoms with Gasteiger partial charge in [0.25, 0.3) is 5.91 Å². The van der Waals surface area contributed by atoms with Crippen molar-refractivity contribution in [2.24, 2.45) is 0 Å². The maximum absolute atomic E-state index is 12.8. The third-order valence-electron chi connectivity index (χ3n) is 3.95. The van der Waals surface area contributed by atoms with Crippen LogP contribution in [0.4, 0.5) is 13.2 Å². The van der Waals surface area contributed by atoms with E-state index in [0.29, 0.717) is 5.75 Å². The fraction of sp³-hybridized carbons (Fsp3) is 0.278. The van der Waals surface area contributed by atoms with Gasteiger partial charge < -0.3 is 10.1 Å². The second-order valence-electron chi connectivity index (χ2n) is 6.09. The molecule has 0 bridgehead atoms. The first-order chi connectivity index (χ1) is 12.7. The lowest BCUT2D eigenvalue weighted by Crippen LogP contribution is -2.29. The topological polar surface area (TPSA) is 68.5 Å². The first-order valence-corrected chi connectivity index (χ1v) is 8.11. The molecule has 0 radical (unpaired) electrons. The number of hydrogen-bond donors (Lipinski definition) is 1. The zero-order chi connectivity index (χ0) is 19.6. The van der Waals surface area contributed by atoms with Crippen LogP contribution >= 0.6 is 0 Å². The van der Waals surface area contributed by atoms with Crippen molar-refractivity contribution in [2.45, 2.75) is 26.6 Å². The number of alkyl halides is 3. The third kappa shape index (κ3) is 4.36. The summed E-state index contributed by atoms with van der Waals surface area (Å²) in [6, 6.07) is 7.82. The lowest BCUT2D eigenvalue weighted by Gasteiger charge is -2.10. The van der Waals surface area contributed by atoms with Crippen molar-refractivity contribution in [1.29, 1.82) is 0 Å². The van der Waals surface area contributed by atoms with Crippen molar-refractivity contribution in [2.75, 3.05) is 6.61 Å². The molecule has 27 heavy (non-hydrogen) atoms. The van der Waals surface area contributed by atoms with E-state index in [9.17, 15) is 18.0 Å². The zero-order valence-electron chi connectivity index (χ0n) is 14.7. The zero-order valence-corrected chi connectivity index (χ0v) is 14.7. The van der Waals surface area contributed by atoms with Crippen LogP contribution < -0.4 is 10.1 Å². The Morgan fingerprint density at radius 3 is 2.70 bits per heavy atom. The van der Waals surface area contributed by atoms with Gasteiger partial charge in [-0.05, 0) is 43.2 Å². The van der Waals surface area contributed by atoms with Crippen molar-refractivity contribution in [3.05, 3.63) is 59.0 Å². The number of rotatable bonds is 5. The molecular formula is C18H17F3N4O2. The Labute approximate surface area is 153 Å². The van der Waals surface area contributed by atoms with E-state index in [1.54, 1.807) is 0 Å². The molecule has 6 nitrogen and oxygen atoms in total. The van der Waals surface area contributed by atoms with Crippen LogP contribution in [-0.2, 0) is 17.5 Å². The highest BCUT2D eigenvalue weighted by Gasteiger charge is 2.31. The summed E-state index contributed by atoms with van der Waals surface area (Å²) in [4.78, 5) is 12.0. The summed E-state index contributed by atoms with van der Waals surface area (Å²) in [7, 11) is 0. The minimum Gasteiger partial charge on any atom is -0.483 e. The minimum absolute atomic E-state index is 0.0720. The molecule has 0 spiro atoms. The van der Waals surface area contributed by atoms with Gasteiger partial charge >= 0.3 is 6.18 Å². The number of nitrogens with one attached hydrogen (secondary N) is 1. The second-order valence-corrected chi connectivity index (χ2v) is 6.09. The van der Waals surface area contributed by atoms with Crippen molar-refractivity contribution in [1.82, 2.24) is 19.9 Å². The standard InChI is InChI=1S/C18H17F3N4O2/c1-11-3-4-12(2)14(7-11)27-10-17(26)22-8-16-24-23-15-6-5-13(9-25(15)16)18(19,20)21/h3-7,9H,8,10H2,1-2H3,(H,22,26). The summed E-state index contributed by atoms with van der Waals surface area (Å²) in [5, 5.41) is 10.2. The highest BCUT2D eigenvalue weighted by molar-refractivity contribution is 5.77. The number of carbonyl (C=O) groups excluding carboxylic acids is 1. The van der Waals surface area contributed by atoms with Gasteiger partial charge in [0.15, 0.2) is 18.1 Å². The molecule has 2 aromatic heterocycles. The van der Waals surface area contributed by atoms with Crippen molar-refractivity contribution in [3.63, 3.8) is 0 Å². The molecule has 0 atom stereocenters. The van der Waals surface area contributed by atoms with Gasteiger partial charge in [0.2, 0.25) is 0 Å². The van der Waals surface area contributed by atoms with Crippen LogP contribution in [0.3, 0.4) is 0 Å². The summed E-state index contributed by atoms with van der Waals surface area (Å²) < 4.78 is 45.2. The number of amides is 1. The van der Waals surface area contributed by atoms with Gasteiger partial charge in [-0.1, -0.05) is 12.1 Å². The molecule has 2 heterocycles. The fourth-order valence-electron chi connectivity index (χ4n) is 2.46. The number of benzene rings is 1. The molecule has 1 N–H and O–H groups in total. The number of hydrogen-bond acceptors (Lipinski definition) is 4. The molecule has 0 aliphatic rings. The van der Waals surface area contributed by atoms with E-state index in [4.69, 9.17) is 4.74 Å². The quantitative estimate of drug-likeness (QED) is 0.741. The Morgan fingerprint density at radius 2 is 1.96 bits per heavy atom. The van der Waals surface area contributed by atoms with Crippen LogP contribution in [0.5, 0.6) is 5.75 Å². The van der Waals surface area contributed by atoms with Gasteiger partial charge in [-0.25, -0.2) is 0 Å². The van der Waals surface area contributed by atoms with Crippen molar-refractivity contribution < 1.29 is 22.7 Å². The first-order valence-electron chi connectivity index (χ1n) is 8.11. The fourth-order valence-corrected chi connectivity index (χ4v) is 2.46. The molecule has 0 saturated carbocycles. The average molecular weight is 378 g/mol. The predicted octanol–water partition coefficient (Wildman–Crippen LogP) is 3.06. The molecule has 0 fully saturated rings. The lowest BCUT2D eigenvalue weighted by molar-refractivity contribution is -0.137. The van der Waals surface area contributed by atoms with E-state index in [0.717, 1.165) is 23.4 Å². The van der Waals surface area contributed by atoms with Crippen LogP contribution in [0.25, 0.3) is 5.65 Å². The third-order valence-corrected chi connectivity index (χ3v) is 3.95. The van der Waals surface area contributed by atoms with E-state index in [-0.39, 0.29) is 24.6 Å². The number of fused-ring (bicyclic) bond motifs is 1. The average Bonchev–Trinajstić information content (AvgIpc) is 3.02. The lowest BCUT2D eigenvalue weighted by atomic mass is 10.1. The smallest absolute Gasteiger partial charge is 0.417 e. The summed E-state index contributed by atoms with van der Waals surface area (Å²) in [6.45, 7) is 3.50. The van der Waals surface area contributed by atoms with Crippen LogP contribution in [0.2, 0.25) is 0 Å². The Kier molecular flexibility index (Phi) is 5.02. The molecule has 1 aromatic carbocycles. The van der Waals surface area contributed by atoms with Crippen molar-refractivity contribution >= 4 is 11.6 Å². The van der Waals surface area contributed by atoms with Gasteiger partial charge in [0.1, 0.15) is 5.75 Å². The first kappa shape index (κ1) is 18.7. The normalized spacial score (nSPS) is 11.6. The predicted molar refractivity (Wildman–Crippen MR) is 91.2 cm³/mol. The van der Waals surface area contributed by atoms with Crippen LogP contribution in [0.1, 0.15) is 22.5 Å².